The van der Waals surface area contributed by atoms with Gasteiger partial charge >= 0.3 is 5.97 Å². The van der Waals surface area contributed by atoms with E-state index < -0.39 is 5.97 Å². The summed E-state index contributed by atoms with van der Waals surface area (Å²) < 4.78 is 5.61. The van der Waals surface area contributed by atoms with Crippen LogP contribution >= 0.6 is 0 Å². The summed E-state index contributed by atoms with van der Waals surface area (Å²) in [5, 5.41) is 8.42. The van der Waals surface area contributed by atoms with Crippen molar-refractivity contribution in [2.24, 2.45) is 0 Å². The molecule has 16 heavy (non-hydrogen) atoms. The van der Waals surface area contributed by atoms with Crippen LogP contribution in [0.25, 0.3) is 0 Å². The Morgan fingerprint density at radius 1 is 1.44 bits per heavy atom. The van der Waals surface area contributed by atoms with Gasteiger partial charge in [-0.3, -0.25) is 0 Å². The molecule has 0 spiro atoms. The molecule has 0 radical (unpaired) electrons. The predicted octanol–water partition coefficient (Wildman–Crippen LogP) is 2.79. The van der Waals surface area contributed by atoms with Crippen LogP contribution in [0.5, 0.6) is 5.75 Å². The number of aliphatic carboxylic acids is 1. The first-order valence-corrected chi connectivity index (χ1v) is 5.20. The van der Waals surface area contributed by atoms with E-state index in [0.717, 1.165) is 11.8 Å². The zero-order chi connectivity index (χ0) is 12.0. The molecule has 1 rings (SSSR count). The second-order valence-electron chi connectivity index (χ2n) is 3.72. The quantitative estimate of drug-likeness (QED) is 0.776. The normalized spacial score (nSPS) is 12.6. The van der Waals surface area contributed by atoms with Crippen LogP contribution in [0.15, 0.2) is 36.4 Å². The predicted molar refractivity (Wildman–Crippen MR) is 62.7 cm³/mol. The van der Waals surface area contributed by atoms with Crippen molar-refractivity contribution >= 4 is 5.97 Å². The molecule has 0 aliphatic heterocycles. The second kappa shape index (κ2) is 5.95. The third kappa shape index (κ3) is 4.64. The molecule has 0 saturated carbocycles. The third-order valence-electron chi connectivity index (χ3n) is 2.09. The van der Waals surface area contributed by atoms with Crippen molar-refractivity contribution in [2.45, 2.75) is 26.4 Å². The van der Waals surface area contributed by atoms with Crippen LogP contribution in [0.2, 0.25) is 0 Å². The lowest BCUT2D eigenvalue weighted by Crippen LogP contribution is -2.10. The van der Waals surface area contributed by atoms with Crippen LogP contribution in [-0.4, -0.2) is 17.2 Å². The van der Waals surface area contributed by atoms with E-state index in [-0.39, 0.29) is 6.10 Å². The summed E-state index contributed by atoms with van der Waals surface area (Å²) in [4.78, 5) is 10.2. The number of carbonyl (C=O) groups is 1. The van der Waals surface area contributed by atoms with Gasteiger partial charge in [0.15, 0.2) is 0 Å². The SMILES string of the molecule is Cc1ccc(OC(C)C/C=C/C(=O)O)cc1. The summed E-state index contributed by atoms with van der Waals surface area (Å²) in [5.74, 6) is -0.121. The average Bonchev–Trinajstić information content (AvgIpc) is 2.21. The van der Waals surface area contributed by atoms with E-state index in [1.165, 1.54) is 5.56 Å². The fraction of sp³-hybridized carbons (Fsp3) is 0.308. The van der Waals surface area contributed by atoms with E-state index >= 15 is 0 Å². The Balaban J connectivity index is 2.42. The van der Waals surface area contributed by atoms with E-state index in [0.29, 0.717) is 6.42 Å². The zero-order valence-electron chi connectivity index (χ0n) is 9.51. The summed E-state index contributed by atoms with van der Waals surface area (Å²) in [6.45, 7) is 3.93. The van der Waals surface area contributed by atoms with E-state index in [1.807, 2.05) is 38.1 Å². The van der Waals surface area contributed by atoms with Gasteiger partial charge in [0.1, 0.15) is 5.75 Å². The van der Waals surface area contributed by atoms with Crippen molar-refractivity contribution in [1.82, 2.24) is 0 Å². The van der Waals surface area contributed by atoms with Crippen molar-refractivity contribution in [3.05, 3.63) is 42.0 Å². The molecule has 0 aliphatic rings. The van der Waals surface area contributed by atoms with Crippen LogP contribution in [0, 0.1) is 6.92 Å². The minimum atomic E-state index is -0.928. The molecular formula is C13H16O3. The topological polar surface area (TPSA) is 46.5 Å². The highest BCUT2D eigenvalue weighted by atomic mass is 16.5. The number of carboxylic acid groups (broad SMARTS) is 1. The molecule has 3 heteroatoms. The second-order valence-corrected chi connectivity index (χ2v) is 3.72. The molecule has 0 aliphatic carbocycles. The minimum absolute atomic E-state index is 0.0293. The summed E-state index contributed by atoms with van der Waals surface area (Å²) >= 11 is 0. The number of ether oxygens (including phenoxy) is 1. The molecular weight excluding hydrogens is 204 g/mol. The number of aryl methyl sites for hydroxylation is 1. The fourth-order valence-electron chi connectivity index (χ4n) is 1.26. The smallest absolute Gasteiger partial charge is 0.327 e. The molecule has 1 atom stereocenters. The van der Waals surface area contributed by atoms with Gasteiger partial charge in [-0.05, 0) is 26.0 Å². The number of hydrogen-bond donors (Lipinski definition) is 1. The molecule has 1 unspecified atom stereocenters. The van der Waals surface area contributed by atoms with Crippen LogP contribution in [0.4, 0.5) is 0 Å². The Kier molecular flexibility index (Phi) is 4.58. The molecule has 0 bridgehead atoms. The third-order valence-corrected chi connectivity index (χ3v) is 2.09. The molecule has 0 fully saturated rings. The highest BCUT2D eigenvalue weighted by Crippen LogP contribution is 2.14. The number of carboxylic acids is 1. The molecule has 3 nitrogen and oxygen atoms in total. The van der Waals surface area contributed by atoms with Gasteiger partial charge in [0.2, 0.25) is 0 Å². The zero-order valence-corrected chi connectivity index (χ0v) is 9.51. The number of rotatable bonds is 5. The van der Waals surface area contributed by atoms with Gasteiger partial charge < -0.3 is 9.84 Å². The lowest BCUT2D eigenvalue weighted by molar-refractivity contribution is -0.131. The van der Waals surface area contributed by atoms with Gasteiger partial charge in [-0.25, -0.2) is 4.79 Å². The summed E-state index contributed by atoms with van der Waals surface area (Å²) in [5.41, 5.74) is 1.19. The van der Waals surface area contributed by atoms with Gasteiger partial charge in [0, 0.05) is 12.5 Å². The first kappa shape index (κ1) is 12.3. The largest absolute Gasteiger partial charge is 0.490 e. The van der Waals surface area contributed by atoms with Gasteiger partial charge in [0.05, 0.1) is 6.10 Å². The van der Waals surface area contributed by atoms with Gasteiger partial charge in [-0.1, -0.05) is 23.8 Å². The van der Waals surface area contributed by atoms with Crippen molar-refractivity contribution in [3.63, 3.8) is 0 Å². The van der Waals surface area contributed by atoms with E-state index in [1.54, 1.807) is 6.08 Å². The molecule has 1 aromatic carbocycles. The summed E-state index contributed by atoms with van der Waals surface area (Å²) in [6.07, 6.45) is 3.29. The maximum atomic E-state index is 10.2. The average molecular weight is 220 g/mol. The molecule has 0 aromatic heterocycles. The van der Waals surface area contributed by atoms with E-state index in [9.17, 15) is 4.79 Å². The van der Waals surface area contributed by atoms with Gasteiger partial charge in [-0.15, -0.1) is 0 Å². The Labute approximate surface area is 95.4 Å². The van der Waals surface area contributed by atoms with Crippen molar-refractivity contribution < 1.29 is 14.6 Å². The minimum Gasteiger partial charge on any atom is -0.490 e. The van der Waals surface area contributed by atoms with Crippen molar-refractivity contribution in [3.8, 4) is 5.75 Å². The Morgan fingerprint density at radius 3 is 2.62 bits per heavy atom. The monoisotopic (exact) mass is 220 g/mol. The maximum Gasteiger partial charge on any atom is 0.327 e. The Hall–Kier alpha value is -1.77. The van der Waals surface area contributed by atoms with E-state index in [4.69, 9.17) is 9.84 Å². The summed E-state index contributed by atoms with van der Waals surface area (Å²) in [6, 6.07) is 7.78. The Bertz CT molecular complexity index is 365. The standard InChI is InChI=1S/C13H16O3/c1-10-6-8-12(9-7-10)16-11(2)4-3-5-13(14)15/h3,5-9,11H,4H2,1-2H3,(H,14,15)/b5-3+. The van der Waals surface area contributed by atoms with Crippen LogP contribution < -0.4 is 4.74 Å². The molecule has 86 valence electrons. The summed E-state index contributed by atoms with van der Waals surface area (Å²) in [7, 11) is 0. The molecule has 0 saturated heterocycles. The van der Waals surface area contributed by atoms with E-state index in [2.05, 4.69) is 0 Å². The first-order chi connectivity index (χ1) is 7.58. The fourth-order valence-corrected chi connectivity index (χ4v) is 1.26. The van der Waals surface area contributed by atoms with Crippen LogP contribution in [0.3, 0.4) is 0 Å². The van der Waals surface area contributed by atoms with Crippen LogP contribution in [0.1, 0.15) is 18.9 Å². The van der Waals surface area contributed by atoms with Gasteiger partial charge in [-0.2, -0.15) is 0 Å². The highest BCUT2D eigenvalue weighted by Gasteiger charge is 2.01. The molecule has 0 heterocycles. The maximum absolute atomic E-state index is 10.2. The lowest BCUT2D eigenvalue weighted by atomic mass is 10.2. The van der Waals surface area contributed by atoms with Crippen LogP contribution in [-0.2, 0) is 4.79 Å². The van der Waals surface area contributed by atoms with Gasteiger partial charge in [0.25, 0.3) is 0 Å². The first-order valence-electron chi connectivity index (χ1n) is 5.20. The Morgan fingerprint density at radius 2 is 2.06 bits per heavy atom. The van der Waals surface area contributed by atoms with Crippen molar-refractivity contribution in [2.75, 3.05) is 0 Å². The molecule has 1 N–H and O–H groups in total. The highest BCUT2D eigenvalue weighted by molar-refractivity contribution is 5.79. The molecule has 1 aromatic rings. The van der Waals surface area contributed by atoms with Crippen molar-refractivity contribution in [1.29, 1.82) is 0 Å². The molecule has 0 amide bonds. The number of hydrogen-bond acceptors (Lipinski definition) is 2. The number of benzene rings is 1. The lowest BCUT2D eigenvalue weighted by Gasteiger charge is -2.12.